The summed E-state index contributed by atoms with van der Waals surface area (Å²) >= 11 is 6.69. The zero-order valence-corrected chi connectivity index (χ0v) is 37.7. The normalized spacial score (nSPS) is 19.0. The van der Waals surface area contributed by atoms with Crippen LogP contribution in [0.1, 0.15) is 78.6 Å². The number of ether oxygens (including phenoxy) is 2. The van der Waals surface area contributed by atoms with Crippen LogP contribution in [0.2, 0.25) is 5.02 Å². The van der Waals surface area contributed by atoms with E-state index in [1.165, 1.54) is 0 Å². The Morgan fingerprint density at radius 2 is 1.20 bits per heavy atom. The smallest absolute Gasteiger partial charge is 0.306 e. The lowest BCUT2D eigenvalue weighted by atomic mass is 9.84. The third-order valence-corrected chi connectivity index (χ3v) is 12.8. The van der Waals surface area contributed by atoms with Gasteiger partial charge in [-0.15, -0.1) is 0 Å². The molecule has 0 spiro atoms. The van der Waals surface area contributed by atoms with E-state index in [2.05, 4.69) is 50.9 Å². The fourth-order valence-corrected chi connectivity index (χ4v) is 9.56. The van der Waals surface area contributed by atoms with E-state index in [1.807, 2.05) is 94.0 Å². The van der Waals surface area contributed by atoms with Gasteiger partial charge in [0, 0.05) is 105 Å². The van der Waals surface area contributed by atoms with E-state index in [1.54, 1.807) is 13.3 Å². The number of para-hydroxylation sites is 2. The van der Waals surface area contributed by atoms with Gasteiger partial charge in [-0.25, -0.2) is 0 Å². The molecule has 10 rings (SSSR count). The van der Waals surface area contributed by atoms with E-state index < -0.39 is 5.60 Å². The summed E-state index contributed by atoms with van der Waals surface area (Å²) in [7, 11) is 1.70. The molecule has 10 nitrogen and oxygen atoms in total. The maximum absolute atomic E-state index is 12.2. The predicted octanol–water partition coefficient (Wildman–Crippen LogP) is 13.3. The van der Waals surface area contributed by atoms with Crippen molar-refractivity contribution in [2.24, 2.45) is 11.7 Å². The van der Waals surface area contributed by atoms with Gasteiger partial charge in [-0.1, -0.05) is 48.0 Å². The Kier molecular flexibility index (Phi) is 12.5. The Balaban J connectivity index is 0.000000165. The molecule has 64 heavy (non-hydrogen) atoms. The van der Waals surface area contributed by atoms with Crippen LogP contribution in [0.25, 0.3) is 66.1 Å². The number of methoxy groups -OCH3 is 1. The van der Waals surface area contributed by atoms with Crippen molar-refractivity contribution in [3.8, 4) is 28.4 Å². The second kappa shape index (κ2) is 18.6. The van der Waals surface area contributed by atoms with E-state index in [0.717, 1.165) is 135 Å². The van der Waals surface area contributed by atoms with Gasteiger partial charge in [0.1, 0.15) is 34.0 Å². The van der Waals surface area contributed by atoms with Gasteiger partial charge in [0.25, 0.3) is 0 Å². The Morgan fingerprint density at radius 1 is 0.688 bits per heavy atom. The van der Waals surface area contributed by atoms with Crippen LogP contribution in [0.5, 0.6) is 5.75 Å². The standard InChI is InChI=1S/C29H31ClN2O3.C24H25N3O2/c1-29(2,3)35-28(33)12-18-8-10-20(11-9-18)32-21-14-22-23(25(30)15-21)16-31-17-24(22)27-13-19-6-4-5-7-26(19)34-27;1-28-23-12-18(27-17-8-6-16(25)7-9-17)11-19-20(23)13-26-14-21(19)24-10-15-4-2-3-5-22(15)29-24/h4-7,13-18,20,32H,8-12H2,1-3H3;2-5,10-14,16-17,27H,6-9,25H2,1H3. The summed E-state index contributed by atoms with van der Waals surface area (Å²) in [6.45, 7) is 5.74. The van der Waals surface area contributed by atoms with E-state index >= 15 is 0 Å². The van der Waals surface area contributed by atoms with Gasteiger partial charge in [-0.05, 0) is 126 Å². The predicted molar refractivity (Wildman–Crippen MR) is 259 cm³/mol. The summed E-state index contributed by atoms with van der Waals surface area (Å²) in [5.74, 6) is 2.69. The Bertz CT molecular complexity index is 2850. The number of hydrogen-bond acceptors (Lipinski definition) is 10. The number of furan rings is 2. The molecule has 4 N–H and O–H groups in total. The number of carbonyl (C=O) groups is 1. The molecule has 4 aromatic heterocycles. The molecule has 0 saturated heterocycles. The molecule has 2 aliphatic carbocycles. The number of hydrogen-bond donors (Lipinski definition) is 3. The van der Waals surface area contributed by atoms with Crippen molar-refractivity contribution in [3.63, 3.8) is 0 Å². The zero-order valence-electron chi connectivity index (χ0n) is 37.0. The van der Waals surface area contributed by atoms with Crippen molar-refractivity contribution >= 4 is 72.4 Å². The van der Waals surface area contributed by atoms with Crippen molar-refractivity contribution in [2.45, 2.75) is 102 Å². The molecule has 2 saturated carbocycles. The molecule has 330 valence electrons. The number of rotatable bonds is 9. The molecule has 0 atom stereocenters. The fraction of sp³-hybridized carbons (Fsp3) is 0.340. The molecule has 4 heterocycles. The molecular formula is C53H56ClN5O5. The number of pyridine rings is 2. The van der Waals surface area contributed by atoms with Crippen molar-refractivity contribution < 1.29 is 23.1 Å². The van der Waals surface area contributed by atoms with E-state index in [9.17, 15) is 4.79 Å². The highest BCUT2D eigenvalue weighted by atomic mass is 35.5. The third-order valence-electron chi connectivity index (χ3n) is 12.5. The lowest BCUT2D eigenvalue weighted by Gasteiger charge is -2.30. The van der Waals surface area contributed by atoms with Crippen molar-refractivity contribution in [2.75, 3.05) is 17.7 Å². The number of carbonyl (C=O) groups excluding carboxylic acids is 1. The van der Waals surface area contributed by atoms with Crippen LogP contribution >= 0.6 is 11.6 Å². The van der Waals surface area contributed by atoms with Crippen LogP contribution in [-0.4, -0.2) is 46.8 Å². The minimum absolute atomic E-state index is 0.0954. The number of aromatic nitrogens is 2. The Hall–Kier alpha value is -6.10. The summed E-state index contributed by atoms with van der Waals surface area (Å²) in [6, 6.07) is 29.6. The maximum atomic E-state index is 12.2. The largest absolute Gasteiger partial charge is 0.496 e. The number of esters is 1. The second-order valence-corrected chi connectivity index (χ2v) is 18.8. The number of fused-ring (bicyclic) bond motifs is 4. The van der Waals surface area contributed by atoms with Gasteiger partial charge in [0.15, 0.2) is 0 Å². The van der Waals surface area contributed by atoms with Gasteiger partial charge >= 0.3 is 5.97 Å². The maximum Gasteiger partial charge on any atom is 0.306 e. The lowest BCUT2D eigenvalue weighted by Crippen LogP contribution is -2.32. The molecule has 0 amide bonds. The van der Waals surface area contributed by atoms with Crippen LogP contribution in [0, 0.1) is 5.92 Å². The van der Waals surface area contributed by atoms with E-state index in [4.69, 9.17) is 35.6 Å². The number of nitrogens with two attached hydrogens (primary N) is 1. The first-order chi connectivity index (χ1) is 31.0. The molecule has 2 aliphatic rings. The highest BCUT2D eigenvalue weighted by molar-refractivity contribution is 6.36. The molecule has 0 unspecified atom stereocenters. The number of nitrogens with zero attached hydrogens (tertiary/aromatic N) is 2. The van der Waals surface area contributed by atoms with Crippen molar-refractivity contribution in [3.05, 3.63) is 115 Å². The lowest BCUT2D eigenvalue weighted by molar-refractivity contribution is -0.156. The summed E-state index contributed by atoms with van der Waals surface area (Å²) in [5, 5.41) is 14.1. The van der Waals surface area contributed by atoms with Crippen LogP contribution in [0.15, 0.2) is 119 Å². The van der Waals surface area contributed by atoms with Crippen LogP contribution < -0.4 is 21.1 Å². The minimum atomic E-state index is -0.429. The highest BCUT2D eigenvalue weighted by Gasteiger charge is 2.26. The van der Waals surface area contributed by atoms with Crippen LogP contribution in [-0.2, 0) is 9.53 Å². The number of benzene rings is 4. The molecule has 0 bridgehead atoms. The molecule has 4 aromatic carbocycles. The molecule has 0 radical (unpaired) electrons. The summed E-state index contributed by atoms with van der Waals surface area (Å²) in [6.07, 6.45) is 16.2. The van der Waals surface area contributed by atoms with Gasteiger partial charge in [-0.3, -0.25) is 14.8 Å². The molecule has 8 aromatic rings. The van der Waals surface area contributed by atoms with E-state index in [0.29, 0.717) is 35.5 Å². The average molecular weight is 879 g/mol. The quantitative estimate of drug-likeness (QED) is 0.120. The number of anilines is 2. The van der Waals surface area contributed by atoms with Gasteiger partial charge in [-0.2, -0.15) is 0 Å². The fourth-order valence-electron chi connectivity index (χ4n) is 9.29. The monoisotopic (exact) mass is 877 g/mol. The summed E-state index contributed by atoms with van der Waals surface area (Å²) in [4.78, 5) is 21.1. The van der Waals surface area contributed by atoms with Crippen LogP contribution in [0.4, 0.5) is 11.4 Å². The van der Waals surface area contributed by atoms with Gasteiger partial charge < -0.3 is 34.7 Å². The summed E-state index contributed by atoms with van der Waals surface area (Å²) < 4.78 is 23.4. The van der Waals surface area contributed by atoms with Crippen molar-refractivity contribution in [1.82, 2.24) is 9.97 Å². The zero-order chi connectivity index (χ0) is 44.4. The molecule has 11 heteroatoms. The van der Waals surface area contributed by atoms with Crippen molar-refractivity contribution in [1.29, 1.82) is 0 Å². The first-order valence-corrected chi connectivity index (χ1v) is 22.9. The second-order valence-electron chi connectivity index (χ2n) is 18.4. The molecule has 2 fully saturated rings. The first-order valence-electron chi connectivity index (χ1n) is 22.5. The minimum Gasteiger partial charge on any atom is -0.496 e. The average Bonchev–Trinajstić information content (AvgIpc) is 3.92. The topological polar surface area (TPSA) is 138 Å². The SMILES string of the molecule is CC(C)(C)OC(=O)CC1CCC(Nc2cc(Cl)c3cncc(-c4cc5ccccc5o4)c3c2)CC1.COc1cc(NC2CCC(N)CC2)cc2c(-c3cc4ccccc4o3)cncc12. The van der Waals surface area contributed by atoms with E-state index in [-0.39, 0.29) is 5.97 Å². The highest BCUT2D eigenvalue weighted by Crippen LogP contribution is 2.40. The Labute approximate surface area is 378 Å². The Morgan fingerprint density at radius 3 is 1.75 bits per heavy atom. The third kappa shape index (κ3) is 9.83. The van der Waals surface area contributed by atoms with Gasteiger partial charge in [0.05, 0.1) is 12.1 Å². The first kappa shape index (κ1) is 43.2. The van der Waals surface area contributed by atoms with Gasteiger partial charge in [0.2, 0.25) is 0 Å². The summed E-state index contributed by atoms with van der Waals surface area (Å²) in [5.41, 5.74) is 11.3. The molecular weight excluding hydrogens is 822 g/mol. The van der Waals surface area contributed by atoms with Crippen LogP contribution in [0.3, 0.4) is 0 Å². The molecule has 0 aliphatic heterocycles. The number of halogens is 1. The number of nitrogens with one attached hydrogen (secondary N) is 2.